The Morgan fingerprint density at radius 1 is 1.14 bits per heavy atom. The maximum absolute atomic E-state index is 12.5. The molecule has 7 nitrogen and oxygen atoms in total. The molecule has 0 radical (unpaired) electrons. The van der Waals surface area contributed by atoms with Crippen LogP contribution in [-0.4, -0.2) is 45.9 Å². The highest BCUT2D eigenvalue weighted by Crippen LogP contribution is 2.30. The van der Waals surface area contributed by atoms with Gasteiger partial charge in [0.1, 0.15) is 16.7 Å². The highest BCUT2D eigenvalue weighted by molar-refractivity contribution is 6.33. The van der Waals surface area contributed by atoms with Crippen molar-refractivity contribution >= 4 is 23.1 Å². The molecule has 0 atom stereocenters. The Morgan fingerprint density at radius 2 is 1.82 bits per heavy atom. The number of piperazine rings is 1. The van der Waals surface area contributed by atoms with Gasteiger partial charge < -0.3 is 9.80 Å². The van der Waals surface area contributed by atoms with Crippen molar-refractivity contribution < 1.29 is 0 Å². The Labute approximate surface area is 170 Å². The lowest BCUT2D eigenvalue weighted by molar-refractivity contribution is 0.531. The molecule has 2 fully saturated rings. The minimum absolute atomic E-state index is 0.0819. The molecule has 2 aromatic rings. The molecule has 0 amide bonds. The summed E-state index contributed by atoms with van der Waals surface area (Å²) < 4.78 is 1.51. The zero-order valence-corrected chi connectivity index (χ0v) is 17.5. The van der Waals surface area contributed by atoms with E-state index < -0.39 is 0 Å². The minimum atomic E-state index is -0.181. The van der Waals surface area contributed by atoms with Gasteiger partial charge in [-0.3, -0.25) is 4.79 Å². The molecule has 1 saturated carbocycles. The topological polar surface area (TPSA) is 67.2 Å². The van der Waals surface area contributed by atoms with Crippen molar-refractivity contribution in [2.45, 2.75) is 45.6 Å². The van der Waals surface area contributed by atoms with Gasteiger partial charge in [-0.25, -0.2) is 14.6 Å². The SMILES string of the molecule is CC(C)(C)c1nccc(N2CCN(c3cnn(CC4CC4)c(=O)c3Cl)CC2)n1. The molecule has 4 rings (SSSR count). The van der Waals surface area contributed by atoms with Crippen LogP contribution in [-0.2, 0) is 12.0 Å². The molecule has 1 aliphatic carbocycles. The number of hydrogen-bond donors (Lipinski definition) is 0. The summed E-state index contributed by atoms with van der Waals surface area (Å²) in [5, 5.41) is 4.63. The van der Waals surface area contributed by atoms with Gasteiger partial charge in [-0.05, 0) is 24.8 Å². The Morgan fingerprint density at radius 3 is 2.46 bits per heavy atom. The molecule has 8 heteroatoms. The average Bonchev–Trinajstić information content (AvgIpc) is 3.49. The molecule has 0 unspecified atom stereocenters. The van der Waals surface area contributed by atoms with Crippen molar-refractivity contribution in [3.63, 3.8) is 0 Å². The summed E-state index contributed by atoms with van der Waals surface area (Å²) in [6.45, 7) is 10.2. The van der Waals surface area contributed by atoms with Crippen LogP contribution in [0.3, 0.4) is 0 Å². The lowest BCUT2D eigenvalue weighted by Crippen LogP contribution is -2.47. The van der Waals surface area contributed by atoms with Gasteiger partial charge in [0.05, 0.1) is 11.9 Å². The van der Waals surface area contributed by atoms with Gasteiger partial charge in [0.25, 0.3) is 5.56 Å². The van der Waals surface area contributed by atoms with Crippen LogP contribution in [0.4, 0.5) is 11.5 Å². The second-order valence-electron chi connectivity index (χ2n) is 8.74. The maximum atomic E-state index is 12.5. The number of nitrogens with zero attached hydrogens (tertiary/aromatic N) is 6. The Kier molecular flexibility index (Phi) is 5.04. The monoisotopic (exact) mass is 402 g/mol. The van der Waals surface area contributed by atoms with Crippen LogP contribution < -0.4 is 15.4 Å². The third-order valence-electron chi connectivity index (χ3n) is 5.35. The standard InChI is InChI=1S/C20H27ClN6O/c1-20(2,3)19-22-7-6-16(24-19)26-10-8-25(9-11-26)15-12-23-27(13-14-4-5-14)18(28)17(15)21/h6-7,12,14H,4-5,8-11,13H2,1-3H3. The molecule has 2 aliphatic rings. The molecular formula is C20H27ClN6O. The largest absolute Gasteiger partial charge is 0.365 e. The summed E-state index contributed by atoms with van der Waals surface area (Å²) in [5.41, 5.74) is 0.470. The molecule has 0 N–H and O–H groups in total. The van der Waals surface area contributed by atoms with E-state index >= 15 is 0 Å². The summed E-state index contributed by atoms with van der Waals surface area (Å²) in [5.74, 6) is 2.38. The van der Waals surface area contributed by atoms with Crippen molar-refractivity contribution in [3.8, 4) is 0 Å². The normalized spacial score (nSPS) is 17.9. The van der Waals surface area contributed by atoms with E-state index in [9.17, 15) is 4.79 Å². The van der Waals surface area contributed by atoms with E-state index in [0.717, 1.165) is 43.5 Å². The first kappa shape index (κ1) is 19.2. The third kappa shape index (κ3) is 3.99. The zero-order valence-electron chi connectivity index (χ0n) is 16.7. The zero-order chi connectivity index (χ0) is 19.9. The van der Waals surface area contributed by atoms with Gasteiger partial charge in [-0.2, -0.15) is 5.10 Å². The summed E-state index contributed by atoms with van der Waals surface area (Å²) >= 11 is 6.41. The highest BCUT2D eigenvalue weighted by Gasteiger charge is 2.26. The highest BCUT2D eigenvalue weighted by atomic mass is 35.5. The van der Waals surface area contributed by atoms with Crippen LogP contribution in [0.1, 0.15) is 39.4 Å². The number of aromatic nitrogens is 4. The van der Waals surface area contributed by atoms with Crippen LogP contribution in [0, 0.1) is 5.92 Å². The predicted octanol–water partition coefficient (Wildman–Crippen LogP) is 2.72. The molecule has 1 saturated heterocycles. The molecule has 0 spiro atoms. The third-order valence-corrected chi connectivity index (χ3v) is 5.71. The molecule has 1 aliphatic heterocycles. The van der Waals surface area contributed by atoms with Gasteiger partial charge in [0.2, 0.25) is 0 Å². The van der Waals surface area contributed by atoms with Gasteiger partial charge >= 0.3 is 0 Å². The average molecular weight is 403 g/mol. The fourth-order valence-corrected chi connectivity index (χ4v) is 3.68. The lowest BCUT2D eigenvalue weighted by Gasteiger charge is -2.37. The number of anilines is 2. The van der Waals surface area contributed by atoms with E-state index in [1.807, 2.05) is 12.3 Å². The van der Waals surface area contributed by atoms with Crippen molar-refractivity contribution in [1.82, 2.24) is 19.7 Å². The van der Waals surface area contributed by atoms with Crippen LogP contribution in [0.25, 0.3) is 0 Å². The Balaban J connectivity index is 1.46. The van der Waals surface area contributed by atoms with Gasteiger partial charge in [0.15, 0.2) is 0 Å². The first-order valence-electron chi connectivity index (χ1n) is 9.92. The van der Waals surface area contributed by atoms with Gasteiger partial charge in [-0.15, -0.1) is 0 Å². The van der Waals surface area contributed by atoms with Crippen LogP contribution in [0.15, 0.2) is 23.3 Å². The number of halogens is 1. The lowest BCUT2D eigenvalue weighted by atomic mass is 9.96. The van der Waals surface area contributed by atoms with E-state index in [0.29, 0.717) is 12.5 Å². The van der Waals surface area contributed by atoms with Crippen LogP contribution in [0.5, 0.6) is 0 Å². The molecule has 3 heterocycles. The number of hydrogen-bond acceptors (Lipinski definition) is 6. The van der Waals surface area contributed by atoms with E-state index in [1.54, 1.807) is 6.20 Å². The number of rotatable bonds is 4. The Hall–Kier alpha value is -2.15. The molecular weight excluding hydrogens is 376 g/mol. The quantitative estimate of drug-likeness (QED) is 0.783. The summed E-state index contributed by atoms with van der Waals surface area (Å²) in [7, 11) is 0. The maximum Gasteiger partial charge on any atom is 0.287 e. The summed E-state index contributed by atoms with van der Waals surface area (Å²) in [6, 6.07) is 1.96. The van der Waals surface area contributed by atoms with E-state index in [4.69, 9.17) is 16.6 Å². The van der Waals surface area contributed by atoms with Gasteiger partial charge in [-0.1, -0.05) is 32.4 Å². The minimum Gasteiger partial charge on any atom is -0.365 e. The smallest absolute Gasteiger partial charge is 0.287 e. The van der Waals surface area contributed by atoms with Crippen molar-refractivity contribution in [3.05, 3.63) is 39.7 Å². The molecule has 150 valence electrons. The first-order chi connectivity index (χ1) is 13.3. The first-order valence-corrected chi connectivity index (χ1v) is 10.3. The van der Waals surface area contributed by atoms with Gasteiger partial charge in [0, 0.05) is 44.3 Å². The van der Waals surface area contributed by atoms with Crippen LogP contribution in [0.2, 0.25) is 5.02 Å². The molecule has 0 bridgehead atoms. The summed E-state index contributed by atoms with van der Waals surface area (Å²) in [4.78, 5) is 26.1. The fourth-order valence-electron chi connectivity index (χ4n) is 3.41. The molecule has 28 heavy (non-hydrogen) atoms. The second-order valence-corrected chi connectivity index (χ2v) is 9.11. The Bertz CT molecular complexity index is 910. The molecule has 2 aromatic heterocycles. The van der Waals surface area contributed by atoms with Crippen molar-refractivity contribution in [1.29, 1.82) is 0 Å². The van der Waals surface area contributed by atoms with Crippen LogP contribution >= 0.6 is 11.6 Å². The van der Waals surface area contributed by atoms with Crippen molar-refractivity contribution in [2.24, 2.45) is 5.92 Å². The van der Waals surface area contributed by atoms with E-state index in [2.05, 4.69) is 40.7 Å². The summed E-state index contributed by atoms with van der Waals surface area (Å²) in [6.07, 6.45) is 5.92. The van der Waals surface area contributed by atoms with E-state index in [1.165, 1.54) is 17.5 Å². The molecule has 0 aromatic carbocycles. The fraction of sp³-hybridized carbons (Fsp3) is 0.600. The second kappa shape index (κ2) is 7.35. The van der Waals surface area contributed by atoms with Crippen molar-refractivity contribution in [2.75, 3.05) is 36.0 Å². The predicted molar refractivity (Wildman–Crippen MR) is 111 cm³/mol. The van der Waals surface area contributed by atoms with E-state index in [-0.39, 0.29) is 16.0 Å².